The van der Waals surface area contributed by atoms with E-state index in [1.807, 2.05) is 12.3 Å². The zero-order chi connectivity index (χ0) is 14.1. The molecule has 0 aliphatic carbocycles. The Bertz CT molecular complexity index is 613. The van der Waals surface area contributed by atoms with E-state index in [-0.39, 0.29) is 0 Å². The third-order valence-corrected chi connectivity index (χ3v) is 7.15. The van der Waals surface area contributed by atoms with Gasteiger partial charge in [0.1, 0.15) is 11.3 Å². The van der Waals surface area contributed by atoms with E-state index in [9.17, 15) is 0 Å². The molecule has 0 aromatic carbocycles. The highest BCUT2D eigenvalue weighted by atomic mass is 32.2. The third-order valence-electron chi connectivity index (χ3n) is 4.40. The number of nitrogens with zero attached hydrogens (tertiary/aromatic N) is 3. The number of hydrogen-bond acceptors (Lipinski definition) is 4. The number of aromatic nitrogens is 3. The van der Waals surface area contributed by atoms with Gasteiger partial charge in [0.15, 0.2) is 5.65 Å². The van der Waals surface area contributed by atoms with Gasteiger partial charge in [-0.2, -0.15) is 11.8 Å². The van der Waals surface area contributed by atoms with Gasteiger partial charge < -0.3 is 0 Å². The summed E-state index contributed by atoms with van der Waals surface area (Å²) in [6.45, 7) is 0. The molecule has 2 atom stereocenters. The summed E-state index contributed by atoms with van der Waals surface area (Å²) in [6, 6.07) is 4.11. The second-order valence-corrected chi connectivity index (χ2v) is 8.60. The van der Waals surface area contributed by atoms with Crippen LogP contribution in [0.3, 0.4) is 0 Å². The molecular formula is C16H21N3S2. The first-order valence-corrected chi connectivity index (χ1v) is 10.1. The molecule has 2 aromatic rings. The van der Waals surface area contributed by atoms with Crippen molar-refractivity contribution in [3.63, 3.8) is 0 Å². The molecule has 0 spiro atoms. The summed E-state index contributed by atoms with van der Waals surface area (Å²) >= 11 is 4.21. The lowest BCUT2D eigenvalue weighted by molar-refractivity contribution is 0.553. The normalized spacial score (nSPS) is 26.5. The minimum absolute atomic E-state index is 0.542. The monoisotopic (exact) mass is 319 g/mol. The van der Waals surface area contributed by atoms with Crippen LogP contribution in [0, 0.1) is 0 Å². The molecule has 2 saturated heterocycles. The van der Waals surface area contributed by atoms with Crippen LogP contribution >= 0.6 is 23.5 Å². The lowest BCUT2D eigenvalue weighted by atomic mass is 10.2. The van der Waals surface area contributed by atoms with Crippen LogP contribution < -0.4 is 0 Å². The summed E-state index contributed by atoms with van der Waals surface area (Å²) in [7, 11) is 0. The van der Waals surface area contributed by atoms with E-state index in [0.717, 1.165) is 22.8 Å². The fraction of sp³-hybridized carbons (Fsp3) is 0.625. The van der Waals surface area contributed by atoms with E-state index < -0.39 is 0 Å². The maximum Gasteiger partial charge on any atom is 0.160 e. The number of thioether (sulfide) groups is 2. The van der Waals surface area contributed by atoms with Gasteiger partial charge in [-0.3, -0.25) is 4.57 Å². The molecule has 4 rings (SSSR count). The Morgan fingerprint density at radius 1 is 1.14 bits per heavy atom. The minimum Gasteiger partial charge on any atom is -0.300 e. The van der Waals surface area contributed by atoms with Crippen molar-refractivity contribution in [3.05, 3.63) is 24.2 Å². The molecule has 0 saturated carbocycles. The van der Waals surface area contributed by atoms with Crippen molar-refractivity contribution in [1.82, 2.24) is 14.5 Å². The maximum absolute atomic E-state index is 4.93. The van der Waals surface area contributed by atoms with Crippen LogP contribution in [0.5, 0.6) is 0 Å². The van der Waals surface area contributed by atoms with Crippen LogP contribution in [0.2, 0.25) is 0 Å². The number of hydrogen-bond donors (Lipinski definition) is 0. The first-order chi connectivity index (χ1) is 10.4. The molecule has 2 aromatic heterocycles. The molecule has 3 nitrogen and oxygen atoms in total. The Labute approximate surface area is 134 Å². The summed E-state index contributed by atoms with van der Waals surface area (Å²) in [6.07, 6.45) is 9.68. The summed E-state index contributed by atoms with van der Waals surface area (Å²) in [5.41, 5.74) is 2.16. The standard InChI is InChI=1S/C16H21N3S2/c1-2-9-21-15(7-1)19-14(11-12-5-4-10-20-12)18-13-6-3-8-17-16(13)19/h3,6,8,12,15H,1-2,4-5,7,9-11H2. The van der Waals surface area contributed by atoms with Crippen LogP contribution in [-0.2, 0) is 6.42 Å². The Morgan fingerprint density at radius 3 is 2.90 bits per heavy atom. The van der Waals surface area contributed by atoms with Gasteiger partial charge in [0.05, 0.1) is 5.37 Å². The van der Waals surface area contributed by atoms with Gasteiger partial charge in [0, 0.05) is 17.9 Å². The van der Waals surface area contributed by atoms with Crippen LogP contribution in [0.25, 0.3) is 11.2 Å². The molecule has 21 heavy (non-hydrogen) atoms. The maximum atomic E-state index is 4.93. The smallest absolute Gasteiger partial charge is 0.160 e. The van der Waals surface area contributed by atoms with Crippen molar-refractivity contribution in [2.45, 2.75) is 49.1 Å². The van der Waals surface area contributed by atoms with E-state index in [1.165, 1.54) is 49.4 Å². The molecule has 2 unspecified atom stereocenters. The van der Waals surface area contributed by atoms with Gasteiger partial charge in [0.2, 0.25) is 0 Å². The van der Waals surface area contributed by atoms with Crippen LogP contribution in [0.15, 0.2) is 18.3 Å². The average Bonchev–Trinajstić information content (AvgIpc) is 3.15. The topological polar surface area (TPSA) is 30.7 Å². The molecule has 112 valence electrons. The third kappa shape index (κ3) is 2.82. The molecule has 0 amide bonds. The molecular weight excluding hydrogens is 298 g/mol. The number of fused-ring (bicyclic) bond motifs is 1. The quantitative estimate of drug-likeness (QED) is 0.844. The summed E-state index contributed by atoms with van der Waals surface area (Å²) in [5, 5.41) is 1.30. The van der Waals surface area contributed by atoms with Gasteiger partial charge in [-0.05, 0) is 55.7 Å². The van der Waals surface area contributed by atoms with Crippen molar-refractivity contribution in [2.75, 3.05) is 11.5 Å². The van der Waals surface area contributed by atoms with Crippen LogP contribution in [-0.4, -0.2) is 31.3 Å². The lowest BCUT2D eigenvalue weighted by Gasteiger charge is -2.25. The molecule has 0 N–H and O–H groups in total. The highest BCUT2D eigenvalue weighted by Crippen LogP contribution is 2.38. The molecule has 5 heteroatoms. The van der Waals surface area contributed by atoms with Crippen molar-refractivity contribution >= 4 is 34.7 Å². The number of rotatable bonds is 3. The van der Waals surface area contributed by atoms with Crippen molar-refractivity contribution in [2.24, 2.45) is 0 Å². The first-order valence-electron chi connectivity index (χ1n) is 7.97. The Balaban J connectivity index is 1.72. The molecule has 4 heterocycles. The highest BCUT2D eigenvalue weighted by molar-refractivity contribution is 8.00. The van der Waals surface area contributed by atoms with Crippen molar-refractivity contribution in [1.29, 1.82) is 0 Å². The first kappa shape index (κ1) is 13.9. The average molecular weight is 319 g/mol. The fourth-order valence-corrected chi connectivity index (χ4v) is 5.97. The summed E-state index contributed by atoms with van der Waals surface area (Å²) < 4.78 is 2.46. The highest BCUT2D eigenvalue weighted by Gasteiger charge is 2.25. The van der Waals surface area contributed by atoms with Gasteiger partial charge in [-0.1, -0.05) is 0 Å². The summed E-state index contributed by atoms with van der Waals surface area (Å²) in [5.74, 6) is 3.86. The lowest BCUT2D eigenvalue weighted by Crippen LogP contribution is -2.16. The van der Waals surface area contributed by atoms with Gasteiger partial charge in [0.25, 0.3) is 0 Å². The van der Waals surface area contributed by atoms with Crippen molar-refractivity contribution in [3.8, 4) is 0 Å². The predicted molar refractivity (Wildman–Crippen MR) is 92.1 cm³/mol. The van der Waals surface area contributed by atoms with Gasteiger partial charge in [-0.25, -0.2) is 9.97 Å². The second-order valence-electron chi connectivity index (χ2n) is 5.90. The Kier molecular flexibility index (Phi) is 4.12. The molecule has 0 radical (unpaired) electrons. The molecule has 2 aliphatic heterocycles. The predicted octanol–water partition coefficient (Wildman–Crippen LogP) is 4.29. The van der Waals surface area contributed by atoms with Crippen LogP contribution in [0.1, 0.15) is 43.3 Å². The van der Waals surface area contributed by atoms with E-state index in [2.05, 4.69) is 39.1 Å². The summed E-state index contributed by atoms with van der Waals surface area (Å²) in [4.78, 5) is 9.56. The molecule has 2 aliphatic rings. The van der Waals surface area contributed by atoms with E-state index >= 15 is 0 Å². The van der Waals surface area contributed by atoms with Crippen molar-refractivity contribution < 1.29 is 0 Å². The zero-order valence-corrected chi connectivity index (χ0v) is 13.8. The largest absolute Gasteiger partial charge is 0.300 e. The zero-order valence-electron chi connectivity index (χ0n) is 12.2. The minimum atomic E-state index is 0.542. The Hall–Kier alpha value is -0.680. The number of imidazole rings is 1. The van der Waals surface area contributed by atoms with Gasteiger partial charge >= 0.3 is 0 Å². The van der Waals surface area contributed by atoms with Gasteiger partial charge in [-0.15, -0.1) is 11.8 Å². The Morgan fingerprint density at radius 2 is 2.10 bits per heavy atom. The molecule has 2 fully saturated rings. The SMILES string of the molecule is c1cnc2c(c1)nc(CC1CCCS1)n2C1CCCCS1. The fourth-order valence-electron chi connectivity index (χ4n) is 3.36. The second kappa shape index (κ2) is 6.21. The van der Waals surface area contributed by atoms with Crippen LogP contribution in [0.4, 0.5) is 0 Å². The van der Waals surface area contributed by atoms with E-state index in [0.29, 0.717) is 5.37 Å². The molecule has 0 bridgehead atoms. The number of pyridine rings is 1. The van der Waals surface area contributed by atoms with E-state index in [1.54, 1.807) is 0 Å². The van der Waals surface area contributed by atoms with E-state index in [4.69, 9.17) is 4.98 Å².